The molecule has 2 aliphatic rings. The first-order valence-electron chi connectivity index (χ1n) is 13.6. The highest BCUT2D eigenvalue weighted by molar-refractivity contribution is 7.92. The van der Waals surface area contributed by atoms with Crippen LogP contribution in [0.4, 0.5) is 16.2 Å². The van der Waals surface area contributed by atoms with Crippen molar-refractivity contribution in [3.8, 4) is 17.2 Å². The lowest BCUT2D eigenvalue weighted by Gasteiger charge is -2.38. The summed E-state index contributed by atoms with van der Waals surface area (Å²) in [5.74, 6) is 0.384. The number of imidazole rings is 1. The van der Waals surface area contributed by atoms with Crippen LogP contribution in [0.15, 0.2) is 53.9 Å². The maximum Gasteiger partial charge on any atom is 0.321 e. The van der Waals surface area contributed by atoms with Crippen LogP contribution in [-0.4, -0.2) is 90.5 Å². The maximum atomic E-state index is 13.7. The molecule has 2 aromatic carbocycles. The quantitative estimate of drug-likeness (QED) is 0.345. The van der Waals surface area contributed by atoms with Gasteiger partial charge in [-0.2, -0.15) is 8.42 Å². The summed E-state index contributed by atoms with van der Waals surface area (Å²) in [6, 6.07) is 8.70. The standard InChI is InChI=1S/C28H34N6O8S/c1-17-11-34(18(2)14-35)27(36)20-6-5-7-21(31-43(38,39)25-13-32(3)15-29-25)26(20)42-24(17)12-33(4)28(37)30-19-8-9-22-23(10-19)41-16-40-22/h5-10,13,15,17-18,24,31,35H,11-12,14,16H2,1-4H3,(H,30,37)/t17-,18-,24+/m0/s1. The van der Waals surface area contributed by atoms with E-state index < -0.39 is 34.1 Å². The number of fused-ring (bicyclic) bond motifs is 2. The fraction of sp³-hybridized carbons (Fsp3) is 0.393. The minimum atomic E-state index is -4.13. The first kappa shape index (κ1) is 30.0. The van der Waals surface area contributed by atoms with Crippen molar-refractivity contribution < 1.29 is 37.3 Å². The van der Waals surface area contributed by atoms with E-state index in [9.17, 15) is 23.1 Å². The lowest BCUT2D eigenvalue weighted by molar-refractivity contribution is 0.0373. The number of urea groups is 1. The van der Waals surface area contributed by atoms with Crippen LogP contribution in [0.25, 0.3) is 0 Å². The number of carbonyl (C=O) groups is 2. The van der Waals surface area contributed by atoms with Gasteiger partial charge in [-0.15, -0.1) is 0 Å². The summed E-state index contributed by atoms with van der Waals surface area (Å²) in [6.07, 6.45) is 2.04. The Bertz CT molecular complexity index is 1630. The zero-order chi connectivity index (χ0) is 30.9. The van der Waals surface area contributed by atoms with Gasteiger partial charge in [-0.25, -0.2) is 9.78 Å². The molecule has 0 aliphatic carbocycles. The van der Waals surface area contributed by atoms with E-state index in [4.69, 9.17) is 14.2 Å². The van der Waals surface area contributed by atoms with Crippen molar-refractivity contribution in [3.63, 3.8) is 0 Å². The van der Waals surface area contributed by atoms with Gasteiger partial charge in [0.25, 0.3) is 15.9 Å². The Labute approximate surface area is 249 Å². The summed E-state index contributed by atoms with van der Waals surface area (Å²) >= 11 is 0. The highest BCUT2D eigenvalue weighted by Crippen LogP contribution is 2.37. The smallest absolute Gasteiger partial charge is 0.321 e. The molecule has 0 bridgehead atoms. The molecule has 43 heavy (non-hydrogen) atoms. The number of para-hydroxylation sites is 1. The van der Waals surface area contributed by atoms with E-state index in [0.717, 1.165) is 0 Å². The van der Waals surface area contributed by atoms with E-state index >= 15 is 0 Å². The molecule has 0 radical (unpaired) electrons. The molecule has 0 saturated heterocycles. The molecule has 3 atom stereocenters. The number of aromatic nitrogens is 2. The summed E-state index contributed by atoms with van der Waals surface area (Å²) in [5.41, 5.74) is 0.670. The Morgan fingerprint density at radius 3 is 2.72 bits per heavy atom. The number of rotatable bonds is 8. The monoisotopic (exact) mass is 614 g/mol. The van der Waals surface area contributed by atoms with Crippen LogP contribution < -0.4 is 24.2 Å². The fourth-order valence-corrected chi connectivity index (χ4v) is 5.86. The Kier molecular flexibility index (Phi) is 8.37. The molecule has 3 heterocycles. The molecular weight excluding hydrogens is 580 g/mol. The number of hydrogen-bond acceptors (Lipinski definition) is 9. The van der Waals surface area contributed by atoms with Crippen LogP contribution >= 0.6 is 0 Å². The third-order valence-electron chi connectivity index (χ3n) is 7.32. The molecule has 0 unspecified atom stereocenters. The minimum Gasteiger partial charge on any atom is -0.485 e. The van der Waals surface area contributed by atoms with Gasteiger partial charge < -0.3 is 39.0 Å². The number of amides is 3. The number of hydrogen-bond donors (Lipinski definition) is 3. The van der Waals surface area contributed by atoms with Crippen LogP contribution in [0.3, 0.4) is 0 Å². The van der Waals surface area contributed by atoms with Gasteiger partial charge >= 0.3 is 6.03 Å². The van der Waals surface area contributed by atoms with Crippen molar-refractivity contribution in [2.24, 2.45) is 13.0 Å². The van der Waals surface area contributed by atoms with Crippen LogP contribution in [0.5, 0.6) is 17.2 Å². The summed E-state index contributed by atoms with van der Waals surface area (Å²) in [4.78, 5) is 33.8. The number of sulfonamides is 1. The number of carbonyl (C=O) groups excluding carboxylic acids is 2. The first-order valence-corrected chi connectivity index (χ1v) is 15.1. The fourth-order valence-electron chi connectivity index (χ4n) is 4.81. The van der Waals surface area contributed by atoms with Crippen LogP contribution in [0, 0.1) is 5.92 Å². The van der Waals surface area contributed by atoms with Gasteiger partial charge in [-0.1, -0.05) is 13.0 Å². The van der Waals surface area contributed by atoms with Gasteiger partial charge in [0.2, 0.25) is 6.79 Å². The maximum absolute atomic E-state index is 13.7. The molecule has 5 rings (SSSR count). The van der Waals surface area contributed by atoms with Crippen molar-refractivity contribution in [1.29, 1.82) is 0 Å². The molecule has 0 spiro atoms. The Hall–Kier alpha value is -4.50. The molecule has 3 N–H and O–H groups in total. The van der Waals surface area contributed by atoms with Gasteiger partial charge in [0, 0.05) is 44.5 Å². The summed E-state index contributed by atoms with van der Waals surface area (Å²) in [5, 5.41) is 12.5. The summed E-state index contributed by atoms with van der Waals surface area (Å²) < 4.78 is 47.5. The van der Waals surface area contributed by atoms with Crippen molar-refractivity contribution in [1.82, 2.24) is 19.4 Å². The number of aliphatic hydroxyl groups is 1. The predicted molar refractivity (Wildman–Crippen MR) is 156 cm³/mol. The molecule has 3 aromatic rings. The number of benzene rings is 2. The number of nitrogens with zero attached hydrogens (tertiary/aromatic N) is 4. The predicted octanol–water partition coefficient (Wildman–Crippen LogP) is 2.33. The molecule has 3 amide bonds. The second-order valence-corrected chi connectivity index (χ2v) is 12.3. The molecule has 1 aromatic heterocycles. The number of likely N-dealkylation sites (N-methyl/N-ethyl adjacent to an activating group) is 1. The topological polar surface area (TPSA) is 165 Å². The number of nitrogens with one attached hydrogen (secondary N) is 2. The second-order valence-electron chi connectivity index (χ2n) is 10.7. The molecule has 230 valence electrons. The number of ether oxygens (including phenoxy) is 3. The van der Waals surface area contributed by atoms with E-state index in [1.807, 2.05) is 6.92 Å². The Balaban J connectivity index is 1.44. The number of aryl methyl sites for hydroxylation is 1. The largest absolute Gasteiger partial charge is 0.485 e. The molecular formula is C28H34N6O8S. The van der Waals surface area contributed by atoms with Crippen LogP contribution in [0.1, 0.15) is 24.2 Å². The first-order chi connectivity index (χ1) is 20.5. The Morgan fingerprint density at radius 1 is 1.23 bits per heavy atom. The average Bonchev–Trinajstić information content (AvgIpc) is 3.63. The average molecular weight is 615 g/mol. The summed E-state index contributed by atoms with van der Waals surface area (Å²) in [7, 11) is -0.875. The zero-order valence-corrected chi connectivity index (χ0v) is 25.0. The van der Waals surface area contributed by atoms with E-state index in [2.05, 4.69) is 15.0 Å². The van der Waals surface area contributed by atoms with Gasteiger partial charge in [0.15, 0.2) is 22.3 Å². The van der Waals surface area contributed by atoms with Gasteiger partial charge in [-0.05, 0) is 31.2 Å². The van der Waals surface area contributed by atoms with Crippen LogP contribution in [-0.2, 0) is 17.1 Å². The highest BCUT2D eigenvalue weighted by Gasteiger charge is 2.35. The summed E-state index contributed by atoms with van der Waals surface area (Å²) in [6.45, 7) is 3.74. The molecule has 14 nitrogen and oxygen atoms in total. The Morgan fingerprint density at radius 2 is 2.00 bits per heavy atom. The van der Waals surface area contributed by atoms with Crippen molar-refractivity contribution in [2.45, 2.75) is 31.0 Å². The van der Waals surface area contributed by atoms with Crippen molar-refractivity contribution in [3.05, 3.63) is 54.5 Å². The number of anilines is 2. The molecule has 0 fully saturated rings. The molecule has 2 aliphatic heterocycles. The zero-order valence-electron chi connectivity index (χ0n) is 24.2. The van der Waals surface area contributed by atoms with Crippen molar-refractivity contribution in [2.75, 3.05) is 43.6 Å². The lowest BCUT2D eigenvalue weighted by atomic mass is 9.99. The normalized spacial score (nSPS) is 18.6. The second kappa shape index (κ2) is 12.0. The van der Waals surface area contributed by atoms with E-state index in [-0.39, 0.29) is 54.4 Å². The van der Waals surface area contributed by atoms with Crippen LogP contribution in [0.2, 0.25) is 0 Å². The molecule has 0 saturated carbocycles. The van der Waals surface area contributed by atoms with Gasteiger partial charge in [0.05, 0.1) is 36.8 Å². The number of aliphatic hydroxyl groups excluding tert-OH is 1. The third-order valence-corrected chi connectivity index (χ3v) is 8.57. The lowest BCUT2D eigenvalue weighted by Crippen LogP contribution is -2.50. The third kappa shape index (κ3) is 6.32. The minimum absolute atomic E-state index is 0.0169. The van der Waals surface area contributed by atoms with E-state index in [1.54, 1.807) is 45.3 Å². The van der Waals surface area contributed by atoms with Gasteiger partial charge in [0.1, 0.15) is 6.10 Å². The van der Waals surface area contributed by atoms with E-state index in [1.165, 1.54) is 39.0 Å². The molecule has 15 heteroatoms. The highest BCUT2D eigenvalue weighted by atomic mass is 32.2. The SMILES string of the molecule is C[C@H]1CN([C@@H](C)CO)C(=O)c2cccc(NS(=O)(=O)c3cn(C)cn3)c2O[C@@H]1CN(C)C(=O)Nc1ccc2c(c1)OCO2. The van der Waals surface area contributed by atoms with E-state index in [0.29, 0.717) is 17.2 Å². The van der Waals surface area contributed by atoms with Gasteiger partial charge in [-0.3, -0.25) is 9.52 Å². The van der Waals surface area contributed by atoms with Crippen molar-refractivity contribution >= 4 is 33.3 Å².